The molecule has 0 unspecified atom stereocenters. The summed E-state index contributed by atoms with van der Waals surface area (Å²) in [6.45, 7) is 49.7. The number of pyridine rings is 2. The van der Waals surface area contributed by atoms with Gasteiger partial charge in [0.1, 0.15) is 52.2 Å². The van der Waals surface area contributed by atoms with Crippen molar-refractivity contribution in [3.8, 4) is 0 Å². The van der Waals surface area contributed by atoms with Crippen LogP contribution in [0.15, 0.2) is 131 Å². The van der Waals surface area contributed by atoms with E-state index in [4.69, 9.17) is 23.7 Å². The summed E-state index contributed by atoms with van der Waals surface area (Å²) in [6.07, 6.45) is 2.96. The predicted molar refractivity (Wildman–Crippen MR) is 484 cm³/mol. The Morgan fingerprint density at radius 1 is 0.573 bits per heavy atom. The summed E-state index contributed by atoms with van der Waals surface area (Å²) in [5.74, 6) is -7.07. The first kappa shape index (κ1) is 105. The zero-order valence-corrected chi connectivity index (χ0v) is 80.1. The van der Waals surface area contributed by atoms with Crippen molar-refractivity contribution in [2.45, 2.75) is 235 Å². The van der Waals surface area contributed by atoms with Gasteiger partial charge in [0.25, 0.3) is 29.1 Å². The standard InChI is InChI=1S/C36H54BrN5O6Si.C24H32BrN5O4.C16H12N2O7.C12H24O3Si/c1-12-36(9,21-47-49(10,11)35(6,7)8)34(46)48-30(22(2)3)32(44)39-24(5)33(45)42-19-13-14-28(41-42)31(43)38-23(4)27-18-16-25-15-17-26(37)20-29(25)40-27;1-13(2)21(31)23(33)27-15(4)24(34)30-11-5-6-19(29-30)22(32)26-14(3)18-10-8-16-7-9-17(25)12-20(16)28-18;1-9-5-3-7-11(17(21)22)13(9)15(19)25-16(20)14-10(2)6-4-8-12(14)18(23)24;1-8-12(5,10(13)14)9-15-16(6,7)11(2,3)4/h12,15-18,20,22-24,28,30,41H,1,13-14,19,21H2,2-11H3,(H,38,43)(H,39,44);7-10,12-15,19,21,29,31H,5-6,11H2,1-4H3,(H,26,32)(H,27,33);3-8H,1-2H3;8H,1,9H2,2-7H3,(H,13,14)/t23-,24+,28+,30+,36-;14-,15+,19+,21+;;12-/m11.1/s1. The Morgan fingerprint density at radius 2 is 0.944 bits per heavy atom. The lowest BCUT2D eigenvalue weighted by Gasteiger charge is -2.39. The molecule has 10 atom stereocenters. The summed E-state index contributed by atoms with van der Waals surface area (Å²) in [5.41, 5.74) is 5.66. The van der Waals surface area contributed by atoms with Crippen LogP contribution in [0.2, 0.25) is 36.3 Å². The van der Waals surface area contributed by atoms with E-state index in [2.05, 4.69) is 155 Å². The number of carbonyl (C=O) groups is 10. The fraction of sp³-hybridized carbons (Fsp3) is 0.500. The normalized spacial score (nSPS) is 16.7. The Bertz CT molecular complexity index is 4850. The van der Waals surface area contributed by atoms with E-state index in [9.17, 15) is 73.3 Å². The zero-order chi connectivity index (χ0) is 93.8. The maximum Gasteiger partial charge on any atom is 0.353 e. The van der Waals surface area contributed by atoms with Gasteiger partial charge in [-0.3, -0.25) is 78.6 Å². The summed E-state index contributed by atoms with van der Waals surface area (Å²) in [6, 6.07) is 23.6. The van der Waals surface area contributed by atoms with Crippen LogP contribution in [0.25, 0.3) is 21.8 Å². The minimum atomic E-state index is -2.17. The van der Waals surface area contributed by atoms with Crippen LogP contribution >= 0.6 is 31.9 Å². The molecule has 0 spiro atoms. The number of nitrogens with zero attached hydrogens (tertiary/aromatic N) is 6. The first-order chi connectivity index (χ1) is 57.4. The Morgan fingerprint density at radius 3 is 1.29 bits per heavy atom. The Hall–Kier alpha value is -9.93. The average molecular weight is 1880 g/mol. The first-order valence-corrected chi connectivity index (χ1v) is 48.3. The number of carboxylic acids is 1. The number of hydrogen-bond acceptors (Lipinski definition) is 23. The van der Waals surface area contributed by atoms with Gasteiger partial charge in [-0.05, 0) is 177 Å². The van der Waals surface area contributed by atoms with Gasteiger partial charge >= 0.3 is 23.9 Å². The number of nitro groups is 2. The van der Waals surface area contributed by atoms with Crippen LogP contribution in [0.5, 0.6) is 0 Å². The number of aryl methyl sites for hydroxylation is 2. The van der Waals surface area contributed by atoms with Gasteiger partial charge in [0.15, 0.2) is 22.7 Å². The third-order valence-electron chi connectivity index (χ3n) is 22.4. The van der Waals surface area contributed by atoms with Crippen molar-refractivity contribution in [1.29, 1.82) is 0 Å². The Labute approximate surface area is 744 Å². The number of aliphatic hydroxyl groups is 1. The van der Waals surface area contributed by atoms with E-state index in [0.29, 0.717) is 38.8 Å². The second-order valence-corrected chi connectivity index (χ2v) is 46.7. The highest BCUT2D eigenvalue weighted by Gasteiger charge is 2.45. The van der Waals surface area contributed by atoms with E-state index in [-0.39, 0.29) is 87.2 Å². The SMILES string of the molecule is C=C[C@](C)(CO[Si](C)(C)C(C)(C)C)C(=O)O.C=C[C@](C)(CO[Si](C)(C)C(C)(C)C)C(=O)O[C@H](C(=O)N[C@@H](C)C(=O)N1CCC[C@@H](C(=O)N[C@H](C)c2ccc3ccc(Br)cc3n2)N1)C(C)C.CC(C)[C@H](O)C(=O)N[C@@H](C)C(=O)N1CCC[C@@H](C(=O)N[C@H](C)c2ccc3ccc(Br)cc3n2)N1.Cc1cccc([N+](=O)[O-])c1C(=O)OC(=O)c1c(C)cccc1[N+](=O)[O-]. The van der Waals surface area contributed by atoms with Crippen molar-refractivity contribution in [3.63, 3.8) is 0 Å². The number of nitrogens with one attached hydrogen (secondary N) is 6. The molecule has 8 N–H and O–H groups in total. The van der Waals surface area contributed by atoms with Crippen LogP contribution < -0.4 is 32.1 Å². The molecular weight excluding hydrogens is 1760 g/mol. The van der Waals surface area contributed by atoms with Crippen molar-refractivity contribution in [2.75, 3.05) is 26.3 Å². The van der Waals surface area contributed by atoms with Crippen molar-refractivity contribution in [3.05, 3.63) is 185 Å². The molecule has 2 aromatic heterocycles. The molecule has 8 rings (SSSR count). The van der Waals surface area contributed by atoms with E-state index in [0.717, 1.165) is 54.3 Å². The van der Waals surface area contributed by atoms with E-state index in [1.165, 1.54) is 60.3 Å². The fourth-order valence-corrected chi connectivity index (χ4v) is 14.7. The highest BCUT2D eigenvalue weighted by Crippen LogP contribution is 2.40. The predicted octanol–water partition coefficient (Wildman–Crippen LogP) is 14.6. The molecule has 0 bridgehead atoms. The molecule has 2 fully saturated rings. The highest BCUT2D eigenvalue weighted by molar-refractivity contribution is 9.10. The van der Waals surface area contributed by atoms with Gasteiger partial charge in [-0.15, -0.1) is 13.2 Å². The quantitative estimate of drug-likeness (QED) is 0.00540. The number of benzene rings is 4. The van der Waals surface area contributed by atoms with Crippen LogP contribution in [0, 0.1) is 56.7 Å². The van der Waals surface area contributed by atoms with Gasteiger partial charge in [-0.1, -0.05) is 162 Å². The van der Waals surface area contributed by atoms with Crippen LogP contribution in [-0.4, -0.2) is 179 Å². The van der Waals surface area contributed by atoms with Crippen molar-refractivity contribution in [2.24, 2.45) is 22.7 Å². The number of amides is 6. The molecule has 32 nitrogen and oxygen atoms in total. The number of hydrogen-bond donors (Lipinski definition) is 8. The monoisotopic (exact) mass is 1880 g/mol. The Balaban J connectivity index is 0.000000316. The molecule has 4 aromatic carbocycles. The largest absolute Gasteiger partial charge is 0.481 e. The van der Waals surface area contributed by atoms with E-state index in [1.54, 1.807) is 55.4 Å². The molecule has 6 amide bonds. The number of rotatable bonds is 29. The number of carbonyl (C=O) groups excluding carboxylic acids is 9. The number of carboxylic acid groups (broad SMARTS) is 1. The molecule has 0 saturated carbocycles. The summed E-state index contributed by atoms with van der Waals surface area (Å²) in [4.78, 5) is 157. The van der Waals surface area contributed by atoms with E-state index in [1.807, 2.05) is 74.5 Å². The van der Waals surface area contributed by atoms with Crippen molar-refractivity contribution < 1.29 is 86.3 Å². The van der Waals surface area contributed by atoms with Gasteiger partial charge < -0.3 is 49.8 Å². The molecule has 676 valence electrons. The summed E-state index contributed by atoms with van der Waals surface area (Å²) < 4.78 is 24.5. The van der Waals surface area contributed by atoms with Gasteiger partial charge in [-0.2, -0.15) is 0 Å². The molecule has 124 heavy (non-hydrogen) atoms. The second-order valence-electron chi connectivity index (χ2n) is 35.2. The van der Waals surface area contributed by atoms with Crippen LogP contribution in [0.3, 0.4) is 0 Å². The lowest BCUT2D eigenvalue weighted by atomic mass is 9.92. The molecule has 2 aliphatic rings. The van der Waals surface area contributed by atoms with Crippen LogP contribution in [0.1, 0.15) is 192 Å². The second kappa shape index (κ2) is 44.8. The molecular formula is C88H122Br2N12O20Si2. The number of ether oxygens (including phenoxy) is 2. The number of nitro benzene ring substituents is 2. The number of hydrazine groups is 2. The molecule has 0 aliphatic carbocycles. The lowest BCUT2D eigenvalue weighted by Crippen LogP contribution is -2.61. The average Bonchev–Trinajstić information content (AvgIpc) is 0.800. The van der Waals surface area contributed by atoms with E-state index >= 15 is 0 Å². The van der Waals surface area contributed by atoms with Gasteiger partial charge in [-0.25, -0.2) is 20.4 Å². The minimum Gasteiger partial charge on any atom is -0.481 e. The number of fused-ring (bicyclic) bond motifs is 2. The third kappa shape index (κ3) is 28.5. The van der Waals surface area contributed by atoms with Gasteiger partial charge in [0.05, 0.1) is 57.6 Å². The lowest BCUT2D eigenvalue weighted by molar-refractivity contribution is -0.385. The number of aromatic nitrogens is 2. The minimum absolute atomic E-state index is 0.0547. The van der Waals surface area contributed by atoms with Gasteiger partial charge in [0.2, 0.25) is 17.7 Å². The molecule has 0 radical (unpaired) electrons. The fourth-order valence-electron chi connectivity index (χ4n) is 11.8. The summed E-state index contributed by atoms with van der Waals surface area (Å²) >= 11 is 6.93. The summed E-state index contributed by atoms with van der Waals surface area (Å²) in [5, 5.41) is 57.1. The van der Waals surface area contributed by atoms with E-state index < -0.39 is 127 Å². The van der Waals surface area contributed by atoms with Gasteiger partial charge in [0, 0.05) is 44.9 Å². The molecule has 4 heterocycles. The molecule has 2 saturated heterocycles. The maximum absolute atomic E-state index is 13.4. The third-order valence-corrected chi connectivity index (χ3v) is 32.3. The van der Waals surface area contributed by atoms with Crippen molar-refractivity contribution >= 4 is 141 Å². The number of esters is 3. The molecule has 2 aliphatic heterocycles. The van der Waals surface area contributed by atoms with Crippen molar-refractivity contribution in [1.82, 2.24) is 52.1 Å². The number of halogens is 2. The zero-order valence-electron chi connectivity index (χ0n) is 74.9. The molecule has 36 heteroatoms. The van der Waals surface area contributed by atoms with Crippen LogP contribution in [0.4, 0.5) is 11.4 Å². The smallest absolute Gasteiger partial charge is 0.353 e. The first-order valence-electron chi connectivity index (χ1n) is 40.9. The van der Waals surface area contributed by atoms with Crippen LogP contribution in [-0.2, 0) is 56.7 Å². The highest BCUT2D eigenvalue weighted by atomic mass is 79.9. The topological polar surface area (TPSA) is 439 Å². The number of aliphatic hydroxyl groups excluding tert-OH is 1. The summed E-state index contributed by atoms with van der Waals surface area (Å²) in [7, 11) is -4.06. The Kier molecular flexibility index (Phi) is 37.8. The number of aliphatic carboxylic acids is 1. The molecule has 6 aromatic rings. The maximum atomic E-state index is 13.4.